The second-order valence-corrected chi connectivity index (χ2v) is 14.4. The van der Waals surface area contributed by atoms with E-state index < -0.39 is 0 Å². The lowest BCUT2D eigenvalue weighted by Gasteiger charge is -2.11. The normalized spacial score (nSPS) is 11.3. The van der Waals surface area contributed by atoms with Crippen LogP contribution in [0.4, 0.5) is 11.4 Å². The van der Waals surface area contributed by atoms with E-state index in [-0.39, 0.29) is 48.0 Å². The first-order chi connectivity index (χ1) is 25.5. The molecule has 6 rings (SSSR count). The molecule has 0 amide bonds. The molecular weight excluding hydrogens is 886 g/mol. The molecule has 2 heterocycles. The van der Waals surface area contributed by atoms with Gasteiger partial charge >= 0.3 is 0 Å². The number of unbranched alkanes of at least 4 members (excludes halogenated alkanes) is 7. The van der Waals surface area contributed by atoms with Gasteiger partial charge in [-0.15, -0.1) is 0 Å². The van der Waals surface area contributed by atoms with Crippen LogP contribution >= 0.6 is 0 Å². The summed E-state index contributed by atoms with van der Waals surface area (Å²) in [6.07, 6.45) is 23.8. The van der Waals surface area contributed by atoms with Crippen LogP contribution in [0.2, 0.25) is 0 Å². The Labute approximate surface area is 358 Å². The molecule has 0 aliphatic carbocycles. The van der Waals surface area contributed by atoms with Crippen LogP contribution in [0.25, 0.3) is 46.1 Å². The van der Waals surface area contributed by atoms with Gasteiger partial charge in [0.25, 0.3) is 0 Å². The molecule has 0 radical (unpaired) electrons. The van der Waals surface area contributed by atoms with E-state index in [0.29, 0.717) is 0 Å². The average molecular weight is 943 g/mol. The number of aryl methyl sites for hydroxylation is 2. The van der Waals surface area contributed by atoms with E-state index in [2.05, 4.69) is 193 Å². The van der Waals surface area contributed by atoms with Crippen LogP contribution in [0.1, 0.15) is 73.6 Å². The van der Waals surface area contributed by atoms with Gasteiger partial charge in [-0.05, 0) is 71.5 Å². The summed E-state index contributed by atoms with van der Waals surface area (Å²) < 4.78 is 4.87. The summed E-state index contributed by atoms with van der Waals surface area (Å²) in [5.74, 6) is 0. The highest BCUT2D eigenvalue weighted by atomic mass is 127. The van der Waals surface area contributed by atoms with Gasteiger partial charge in [-0.1, -0.05) is 98.5 Å². The van der Waals surface area contributed by atoms with Gasteiger partial charge in [0.15, 0.2) is 12.4 Å². The Balaban J connectivity index is 0.00000325. The number of fused-ring (bicyclic) bond motifs is 2. The maximum absolute atomic E-state index is 2.44. The Kier molecular flexibility index (Phi) is 17.5. The molecule has 0 bridgehead atoms. The third-order valence-corrected chi connectivity index (χ3v) is 10.2. The van der Waals surface area contributed by atoms with Crippen molar-refractivity contribution in [2.24, 2.45) is 0 Å². The predicted molar refractivity (Wildman–Crippen MR) is 225 cm³/mol. The second-order valence-electron chi connectivity index (χ2n) is 14.4. The minimum absolute atomic E-state index is 0. The molecule has 0 atom stereocenters. The average Bonchev–Trinajstić information content (AvgIpc) is 3.17. The number of hydrogen-bond donors (Lipinski definition) is 0. The molecule has 6 heteroatoms. The van der Waals surface area contributed by atoms with Crippen molar-refractivity contribution in [3.8, 4) is 0 Å². The van der Waals surface area contributed by atoms with E-state index in [1.165, 1.54) is 107 Å². The standard InChI is InChI=1S/C48H56N4.2HI/c1-49(2)43-29-23-39(24-30-43)21-27-41-33-37-51(47-19-13-11-17-45(41)47)35-15-9-7-5-6-8-10-16-36-52-38-34-42(46-18-12-14-20-48(46)52)28-22-40-25-31-44(32-26-40)50(3)4;;/h11-14,17-34,37-38H,5-10,15-16,35-36H2,1-4H3;2*1H/q+2;;/p-2. The summed E-state index contributed by atoms with van der Waals surface area (Å²) in [6, 6.07) is 39.6. The number of rotatable bonds is 17. The van der Waals surface area contributed by atoms with Gasteiger partial charge in [0.1, 0.15) is 13.1 Å². The molecule has 282 valence electrons. The third kappa shape index (κ3) is 11.9. The van der Waals surface area contributed by atoms with Crippen molar-refractivity contribution < 1.29 is 57.1 Å². The maximum atomic E-state index is 2.44. The first-order valence-corrected chi connectivity index (χ1v) is 19.2. The first kappa shape index (κ1) is 43.0. The topological polar surface area (TPSA) is 14.2 Å². The summed E-state index contributed by atoms with van der Waals surface area (Å²) in [5.41, 5.74) is 10.0. The van der Waals surface area contributed by atoms with Crippen LogP contribution in [0.3, 0.4) is 0 Å². The van der Waals surface area contributed by atoms with Crippen molar-refractivity contribution in [2.75, 3.05) is 38.0 Å². The molecule has 0 saturated carbocycles. The monoisotopic (exact) mass is 942 g/mol. The molecular formula is C48H56I2N4. The van der Waals surface area contributed by atoms with E-state index in [1.807, 2.05) is 0 Å². The van der Waals surface area contributed by atoms with Crippen LogP contribution in [0.5, 0.6) is 0 Å². The van der Waals surface area contributed by atoms with E-state index in [9.17, 15) is 0 Å². The van der Waals surface area contributed by atoms with Crippen molar-refractivity contribution in [1.82, 2.24) is 0 Å². The second kappa shape index (κ2) is 22.0. The lowest BCUT2D eigenvalue weighted by molar-refractivity contribution is -0.672. The molecule has 0 aliphatic heterocycles. The smallest absolute Gasteiger partial charge is 0.213 e. The largest absolute Gasteiger partial charge is 1.00 e. The van der Waals surface area contributed by atoms with Crippen LogP contribution in [0, 0.1) is 0 Å². The number of aromatic nitrogens is 2. The van der Waals surface area contributed by atoms with E-state index in [0.717, 1.165) is 13.1 Å². The molecule has 4 aromatic carbocycles. The summed E-state index contributed by atoms with van der Waals surface area (Å²) in [4.78, 5) is 4.26. The molecule has 0 aliphatic rings. The van der Waals surface area contributed by atoms with E-state index in [1.54, 1.807) is 0 Å². The Morgan fingerprint density at radius 3 is 1.13 bits per heavy atom. The van der Waals surface area contributed by atoms with Crippen molar-refractivity contribution in [2.45, 2.75) is 64.5 Å². The number of hydrogen-bond acceptors (Lipinski definition) is 2. The zero-order valence-corrected chi connectivity index (χ0v) is 36.8. The third-order valence-electron chi connectivity index (χ3n) is 10.2. The molecule has 0 N–H and O–H groups in total. The lowest BCUT2D eigenvalue weighted by Crippen LogP contribution is -3.00. The molecule has 54 heavy (non-hydrogen) atoms. The Morgan fingerprint density at radius 1 is 0.407 bits per heavy atom. The first-order valence-electron chi connectivity index (χ1n) is 19.2. The molecule has 0 spiro atoms. The van der Waals surface area contributed by atoms with E-state index >= 15 is 0 Å². The fourth-order valence-corrected chi connectivity index (χ4v) is 7.06. The highest BCUT2D eigenvalue weighted by Crippen LogP contribution is 2.22. The van der Waals surface area contributed by atoms with Gasteiger partial charge in [-0.25, -0.2) is 0 Å². The Bertz CT molecular complexity index is 1950. The van der Waals surface area contributed by atoms with Gasteiger partial charge in [-0.3, -0.25) is 0 Å². The van der Waals surface area contributed by atoms with Gasteiger partial charge < -0.3 is 57.8 Å². The van der Waals surface area contributed by atoms with Crippen molar-refractivity contribution in [1.29, 1.82) is 0 Å². The summed E-state index contributed by atoms with van der Waals surface area (Å²) in [6.45, 7) is 2.14. The number of pyridine rings is 2. The Hall–Kier alpha value is -3.76. The van der Waals surface area contributed by atoms with Crippen molar-refractivity contribution in [3.05, 3.63) is 144 Å². The number of anilines is 2. The van der Waals surface area contributed by atoms with Crippen LogP contribution < -0.4 is 66.9 Å². The van der Waals surface area contributed by atoms with Crippen LogP contribution in [-0.2, 0) is 13.1 Å². The number of nitrogens with zero attached hydrogens (tertiary/aromatic N) is 4. The minimum atomic E-state index is 0. The summed E-state index contributed by atoms with van der Waals surface area (Å²) in [7, 11) is 8.31. The quantitative estimate of drug-likeness (QED) is 0.0738. The van der Waals surface area contributed by atoms with E-state index in [4.69, 9.17) is 0 Å². The fourth-order valence-electron chi connectivity index (χ4n) is 7.06. The molecule has 6 aromatic rings. The zero-order chi connectivity index (χ0) is 36.1. The van der Waals surface area contributed by atoms with Gasteiger partial charge in [0, 0.05) is 76.7 Å². The number of benzene rings is 4. The summed E-state index contributed by atoms with van der Waals surface area (Å²) >= 11 is 0. The molecule has 2 aromatic heterocycles. The van der Waals surface area contributed by atoms with Crippen LogP contribution in [-0.4, -0.2) is 28.2 Å². The number of halogens is 2. The molecule has 0 fully saturated rings. The molecule has 0 unspecified atom stereocenters. The predicted octanol–water partition coefficient (Wildman–Crippen LogP) is 4.87. The fraction of sp³-hybridized carbons (Fsp3) is 0.292. The summed E-state index contributed by atoms with van der Waals surface area (Å²) in [5, 5.41) is 2.62. The number of para-hydroxylation sites is 2. The molecule has 4 nitrogen and oxygen atoms in total. The van der Waals surface area contributed by atoms with Crippen molar-refractivity contribution in [3.63, 3.8) is 0 Å². The maximum Gasteiger partial charge on any atom is 0.213 e. The van der Waals surface area contributed by atoms with Gasteiger partial charge in [-0.2, -0.15) is 9.13 Å². The van der Waals surface area contributed by atoms with Gasteiger partial charge in [0.2, 0.25) is 11.0 Å². The molecule has 0 saturated heterocycles. The Morgan fingerprint density at radius 2 is 0.759 bits per heavy atom. The van der Waals surface area contributed by atoms with Crippen LogP contribution in [0.15, 0.2) is 122 Å². The zero-order valence-electron chi connectivity index (χ0n) is 32.5. The van der Waals surface area contributed by atoms with Gasteiger partial charge in [0.05, 0.1) is 10.8 Å². The highest BCUT2D eigenvalue weighted by molar-refractivity contribution is 5.89. The SMILES string of the molecule is CN(C)c1ccc(/C=C/c2cc[n+](CCCCCCCCCC[n+]3ccc(/C=C/c4ccc(N(C)C)cc4)c4ccccc43)c3ccccc23)cc1.[I-].[I-]. The minimum Gasteiger partial charge on any atom is -1.00 e. The lowest BCUT2D eigenvalue weighted by atomic mass is 10.1. The highest BCUT2D eigenvalue weighted by Gasteiger charge is 2.12. The van der Waals surface area contributed by atoms with Crippen molar-refractivity contribution >= 4 is 57.5 Å².